The van der Waals surface area contributed by atoms with Crippen LogP contribution in [-0.2, 0) is 9.47 Å². The molecule has 0 unspecified atom stereocenters. The van der Waals surface area contributed by atoms with Crippen LogP contribution in [0.1, 0.15) is 0 Å². The van der Waals surface area contributed by atoms with Gasteiger partial charge in [-0.15, -0.1) is 0 Å². The second-order valence-corrected chi connectivity index (χ2v) is 1.98. The summed E-state index contributed by atoms with van der Waals surface area (Å²) in [6, 6.07) is 0. The maximum absolute atomic E-state index is 5.10. The number of ether oxygens (including phenoxy) is 2. The van der Waals surface area contributed by atoms with E-state index in [1.54, 1.807) is 0 Å². The molecule has 10 heavy (non-hydrogen) atoms. The van der Waals surface area contributed by atoms with Gasteiger partial charge >= 0.3 is 0 Å². The zero-order valence-corrected chi connectivity index (χ0v) is 5.80. The standard InChI is InChI=1S/C5H13N3O2/c6-8-2-1-7-5-9-3-4-10-5/h5,7-8H,1-4,6H2. The fourth-order valence-electron chi connectivity index (χ4n) is 0.738. The molecule has 1 heterocycles. The molecular weight excluding hydrogens is 134 g/mol. The van der Waals surface area contributed by atoms with Crippen LogP contribution in [0.2, 0.25) is 0 Å². The molecule has 0 aromatic carbocycles. The fourth-order valence-corrected chi connectivity index (χ4v) is 0.738. The second kappa shape index (κ2) is 4.59. The quantitative estimate of drug-likeness (QED) is 0.253. The van der Waals surface area contributed by atoms with E-state index in [1.807, 2.05) is 0 Å². The summed E-state index contributed by atoms with van der Waals surface area (Å²) < 4.78 is 10.2. The van der Waals surface area contributed by atoms with Crippen molar-refractivity contribution >= 4 is 0 Å². The lowest BCUT2D eigenvalue weighted by Gasteiger charge is -2.09. The first-order chi connectivity index (χ1) is 4.93. The topological polar surface area (TPSA) is 68.5 Å². The van der Waals surface area contributed by atoms with Gasteiger partial charge in [-0.05, 0) is 0 Å². The molecule has 1 saturated heterocycles. The van der Waals surface area contributed by atoms with Crippen LogP contribution in [-0.4, -0.2) is 32.7 Å². The van der Waals surface area contributed by atoms with E-state index in [1.165, 1.54) is 0 Å². The van der Waals surface area contributed by atoms with Crippen LogP contribution in [0.3, 0.4) is 0 Å². The number of nitrogens with one attached hydrogen (secondary N) is 2. The van der Waals surface area contributed by atoms with Crippen molar-refractivity contribution in [3.63, 3.8) is 0 Å². The molecule has 1 rings (SSSR count). The number of hydrogen-bond donors (Lipinski definition) is 3. The van der Waals surface area contributed by atoms with Gasteiger partial charge in [0.05, 0.1) is 13.2 Å². The molecule has 0 amide bonds. The third kappa shape index (κ3) is 2.59. The molecule has 4 N–H and O–H groups in total. The summed E-state index contributed by atoms with van der Waals surface area (Å²) in [5.74, 6) is 5.04. The van der Waals surface area contributed by atoms with E-state index in [0.29, 0.717) is 19.8 Å². The van der Waals surface area contributed by atoms with E-state index < -0.39 is 0 Å². The maximum atomic E-state index is 5.10. The summed E-state index contributed by atoms with van der Waals surface area (Å²) in [5, 5.41) is 3.00. The molecule has 0 spiro atoms. The zero-order valence-electron chi connectivity index (χ0n) is 5.80. The summed E-state index contributed by atoms with van der Waals surface area (Å²) in [4.78, 5) is 0. The van der Waals surface area contributed by atoms with E-state index in [0.717, 1.165) is 6.54 Å². The highest BCUT2D eigenvalue weighted by atomic mass is 16.7. The van der Waals surface area contributed by atoms with Crippen LogP contribution < -0.4 is 16.6 Å². The van der Waals surface area contributed by atoms with E-state index in [-0.39, 0.29) is 6.41 Å². The molecular formula is C5H13N3O2. The Labute approximate surface area is 59.8 Å². The summed E-state index contributed by atoms with van der Waals surface area (Å²) in [7, 11) is 0. The Balaban J connectivity index is 1.91. The van der Waals surface area contributed by atoms with Crippen molar-refractivity contribution in [1.29, 1.82) is 0 Å². The molecule has 5 heteroatoms. The Kier molecular flexibility index (Phi) is 3.63. The lowest BCUT2D eigenvalue weighted by atomic mass is 10.6. The normalized spacial score (nSPS) is 20.1. The van der Waals surface area contributed by atoms with E-state index in [2.05, 4.69) is 10.7 Å². The minimum atomic E-state index is -0.228. The number of nitrogens with two attached hydrogens (primary N) is 1. The first-order valence-electron chi connectivity index (χ1n) is 3.33. The van der Waals surface area contributed by atoms with Crippen molar-refractivity contribution in [1.82, 2.24) is 10.7 Å². The summed E-state index contributed by atoms with van der Waals surface area (Å²) in [6.45, 7) is 2.81. The first kappa shape index (κ1) is 7.90. The van der Waals surface area contributed by atoms with Gasteiger partial charge in [-0.25, -0.2) is 0 Å². The van der Waals surface area contributed by atoms with Crippen LogP contribution in [0.15, 0.2) is 0 Å². The third-order valence-electron chi connectivity index (χ3n) is 1.20. The minimum absolute atomic E-state index is 0.228. The molecule has 0 radical (unpaired) electrons. The van der Waals surface area contributed by atoms with Gasteiger partial charge in [0.2, 0.25) is 6.41 Å². The van der Waals surface area contributed by atoms with Crippen molar-refractivity contribution < 1.29 is 9.47 Å². The molecule has 0 aromatic heterocycles. The Hall–Kier alpha value is -0.200. The van der Waals surface area contributed by atoms with Gasteiger partial charge in [0.1, 0.15) is 0 Å². The van der Waals surface area contributed by atoms with Crippen LogP contribution in [0, 0.1) is 0 Å². The number of hydrogen-bond acceptors (Lipinski definition) is 5. The first-order valence-corrected chi connectivity index (χ1v) is 3.33. The lowest BCUT2D eigenvalue weighted by molar-refractivity contribution is -0.0656. The van der Waals surface area contributed by atoms with Gasteiger partial charge in [-0.1, -0.05) is 0 Å². The highest BCUT2D eigenvalue weighted by molar-refractivity contribution is 4.51. The van der Waals surface area contributed by atoms with Gasteiger partial charge in [0.25, 0.3) is 0 Å². The summed E-state index contributed by atoms with van der Waals surface area (Å²) >= 11 is 0. The smallest absolute Gasteiger partial charge is 0.216 e. The van der Waals surface area contributed by atoms with Crippen LogP contribution >= 0.6 is 0 Å². The molecule has 60 valence electrons. The fraction of sp³-hybridized carbons (Fsp3) is 1.00. The molecule has 0 saturated carbocycles. The summed E-state index contributed by atoms with van der Waals surface area (Å²) in [5.41, 5.74) is 2.52. The van der Waals surface area contributed by atoms with Crippen molar-refractivity contribution in [3.05, 3.63) is 0 Å². The van der Waals surface area contributed by atoms with Crippen molar-refractivity contribution in [2.45, 2.75) is 6.41 Å². The van der Waals surface area contributed by atoms with Crippen LogP contribution in [0.4, 0.5) is 0 Å². The third-order valence-corrected chi connectivity index (χ3v) is 1.20. The maximum Gasteiger partial charge on any atom is 0.216 e. The lowest BCUT2D eigenvalue weighted by Crippen LogP contribution is -2.37. The molecule has 1 aliphatic heterocycles. The van der Waals surface area contributed by atoms with E-state index in [4.69, 9.17) is 15.3 Å². The highest BCUT2D eigenvalue weighted by Gasteiger charge is 2.13. The van der Waals surface area contributed by atoms with Crippen LogP contribution in [0.5, 0.6) is 0 Å². The number of rotatable bonds is 4. The largest absolute Gasteiger partial charge is 0.337 e. The molecule has 0 bridgehead atoms. The molecule has 0 aliphatic carbocycles. The van der Waals surface area contributed by atoms with E-state index in [9.17, 15) is 0 Å². The SMILES string of the molecule is NNCCNC1OCCO1. The van der Waals surface area contributed by atoms with Gasteiger partial charge in [-0.3, -0.25) is 16.6 Å². The second-order valence-electron chi connectivity index (χ2n) is 1.98. The van der Waals surface area contributed by atoms with Gasteiger partial charge in [0, 0.05) is 13.1 Å². The molecule has 1 fully saturated rings. The van der Waals surface area contributed by atoms with Crippen molar-refractivity contribution in [2.24, 2.45) is 5.84 Å². The minimum Gasteiger partial charge on any atom is -0.337 e. The van der Waals surface area contributed by atoms with Crippen molar-refractivity contribution in [2.75, 3.05) is 26.3 Å². The molecule has 0 atom stereocenters. The summed E-state index contributed by atoms with van der Waals surface area (Å²) in [6.07, 6.45) is -0.228. The van der Waals surface area contributed by atoms with Gasteiger partial charge in [-0.2, -0.15) is 0 Å². The van der Waals surface area contributed by atoms with Gasteiger partial charge in [0.15, 0.2) is 0 Å². The Bertz CT molecular complexity index is 85.0. The Morgan fingerprint density at radius 3 is 2.60 bits per heavy atom. The molecule has 0 aromatic rings. The van der Waals surface area contributed by atoms with Gasteiger partial charge < -0.3 is 9.47 Å². The Morgan fingerprint density at radius 1 is 1.30 bits per heavy atom. The average molecular weight is 147 g/mol. The predicted molar refractivity (Wildman–Crippen MR) is 35.9 cm³/mol. The molecule has 5 nitrogen and oxygen atoms in total. The van der Waals surface area contributed by atoms with E-state index >= 15 is 0 Å². The monoisotopic (exact) mass is 147 g/mol. The average Bonchev–Trinajstić information content (AvgIpc) is 2.41. The highest BCUT2D eigenvalue weighted by Crippen LogP contribution is 1.97. The van der Waals surface area contributed by atoms with Crippen molar-refractivity contribution in [3.8, 4) is 0 Å². The Morgan fingerprint density at radius 2 is 2.00 bits per heavy atom. The predicted octanol–water partition coefficient (Wildman–Crippen LogP) is -1.63. The number of hydrazine groups is 1. The zero-order chi connectivity index (χ0) is 7.23. The van der Waals surface area contributed by atoms with Crippen LogP contribution in [0.25, 0.3) is 0 Å². The molecule has 1 aliphatic rings.